The number of nitrogens with zero attached hydrogens (tertiary/aromatic N) is 3. The summed E-state index contributed by atoms with van der Waals surface area (Å²) < 4.78 is 52.3. The first-order valence-electron chi connectivity index (χ1n) is 11.9. The molecular weight excluding hydrogens is 438 g/mol. The molecule has 4 bridgehead atoms. The summed E-state index contributed by atoms with van der Waals surface area (Å²) in [5.41, 5.74) is 0.849. The topological polar surface area (TPSA) is 45.1 Å². The summed E-state index contributed by atoms with van der Waals surface area (Å²) in [6, 6.07) is 6.44. The van der Waals surface area contributed by atoms with Crippen LogP contribution in [0.5, 0.6) is 0 Å². The normalized spacial score (nSPS) is 37.2. The number of carbonyl (C=O) groups excluding carboxylic acids is 1. The van der Waals surface area contributed by atoms with Crippen LogP contribution in [0.4, 0.5) is 17.6 Å². The molecule has 33 heavy (non-hydrogen) atoms. The number of piperidine rings is 1. The van der Waals surface area contributed by atoms with E-state index < -0.39 is 18.3 Å². The highest BCUT2D eigenvalue weighted by Gasteiger charge is 2.58. The monoisotopic (exact) mass is 465 g/mol. The van der Waals surface area contributed by atoms with Gasteiger partial charge >= 0.3 is 12.1 Å². The molecule has 0 amide bonds. The SMILES string of the molecule is O=C(ON1N=C(C23CC4CC(CC(C4)C2)C3)N2CC(c3ccc(F)cc3)CCC12)C(F)(F)F. The van der Waals surface area contributed by atoms with Gasteiger partial charge < -0.3 is 9.74 Å². The Morgan fingerprint density at radius 3 is 2.18 bits per heavy atom. The van der Waals surface area contributed by atoms with Crippen molar-refractivity contribution in [2.24, 2.45) is 28.3 Å². The molecule has 2 atom stereocenters. The van der Waals surface area contributed by atoms with Crippen molar-refractivity contribution in [2.45, 2.75) is 69.6 Å². The quantitative estimate of drug-likeness (QED) is 0.576. The van der Waals surface area contributed by atoms with Crippen LogP contribution in [-0.4, -0.2) is 40.8 Å². The number of hydrogen-bond donors (Lipinski definition) is 0. The van der Waals surface area contributed by atoms with Crippen LogP contribution >= 0.6 is 0 Å². The third-order valence-electron chi connectivity index (χ3n) is 8.53. The van der Waals surface area contributed by atoms with Gasteiger partial charge in [0.1, 0.15) is 11.7 Å². The number of carbonyl (C=O) groups is 1. The lowest BCUT2D eigenvalue weighted by Gasteiger charge is -2.57. The smallest absolute Gasteiger partial charge is 0.333 e. The van der Waals surface area contributed by atoms with Gasteiger partial charge in [-0.15, -0.1) is 5.10 Å². The van der Waals surface area contributed by atoms with E-state index in [1.54, 1.807) is 12.1 Å². The Hall–Kier alpha value is -2.32. The summed E-state index contributed by atoms with van der Waals surface area (Å²) in [7, 11) is 0. The van der Waals surface area contributed by atoms with E-state index >= 15 is 0 Å². The van der Waals surface area contributed by atoms with Gasteiger partial charge in [-0.05, 0) is 86.8 Å². The predicted octanol–water partition coefficient (Wildman–Crippen LogP) is 5.20. The molecular formula is C24H27F4N3O2. The minimum Gasteiger partial charge on any atom is -0.333 e. The third-order valence-corrected chi connectivity index (χ3v) is 8.53. The van der Waals surface area contributed by atoms with Crippen LogP contribution in [0.15, 0.2) is 29.4 Å². The van der Waals surface area contributed by atoms with E-state index in [0.717, 1.165) is 35.8 Å². The van der Waals surface area contributed by atoms with Gasteiger partial charge in [-0.3, -0.25) is 0 Å². The summed E-state index contributed by atoms with van der Waals surface area (Å²) in [6.07, 6.45) is 2.31. The average molecular weight is 465 g/mol. The van der Waals surface area contributed by atoms with Gasteiger partial charge in [-0.25, -0.2) is 9.18 Å². The number of hydrazone groups is 1. The van der Waals surface area contributed by atoms with Gasteiger partial charge in [-0.1, -0.05) is 17.3 Å². The standard InChI is InChI=1S/C24H27F4N3O2/c25-19-4-1-17(2-5-19)18-3-6-20-30(13-18)21(29-31(20)33-22(32)24(26,27)28)23-10-14-7-15(11-23)9-16(8-14)12-23/h1-2,4-5,14-16,18,20H,3,6-13H2. The summed E-state index contributed by atoms with van der Waals surface area (Å²) in [4.78, 5) is 18.5. The molecule has 2 aliphatic heterocycles. The van der Waals surface area contributed by atoms with Crippen LogP contribution in [0.2, 0.25) is 0 Å². The van der Waals surface area contributed by atoms with Crippen LogP contribution in [0.3, 0.4) is 0 Å². The number of halogens is 4. The van der Waals surface area contributed by atoms with E-state index in [2.05, 4.69) is 10.0 Å². The summed E-state index contributed by atoms with van der Waals surface area (Å²) in [5, 5.41) is 5.51. The lowest BCUT2D eigenvalue weighted by molar-refractivity contribution is -0.251. The zero-order valence-electron chi connectivity index (χ0n) is 18.2. The van der Waals surface area contributed by atoms with Gasteiger partial charge in [0.25, 0.3) is 0 Å². The number of alkyl halides is 3. The molecule has 6 aliphatic rings. The number of benzene rings is 1. The average Bonchev–Trinajstić information content (AvgIpc) is 3.11. The maximum Gasteiger partial charge on any atom is 0.493 e. The Morgan fingerprint density at radius 1 is 1.00 bits per heavy atom. The zero-order valence-corrected chi connectivity index (χ0v) is 18.2. The fourth-order valence-corrected chi connectivity index (χ4v) is 7.65. The number of fused-ring (bicyclic) bond motifs is 1. The second kappa shape index (κ2) is 7.34. The summed E-state index contributed by atoms with van der Waals surface area (Å²) in [6.45, 7) is 0.566. The highest BCUT2D eigenvalue weighted by atomic mass is 19.4. The fraction of sp³-hybridized carbons (Fsp3) is 0.667. The molecule has 0 spiro atoms. The first-order valence-corrected chi connectivity index (χ1v) is 11.9. The van der Waals surface area contributed by atoms with Crippen LogP contribution in [0.25, 0.3) is 0 Å². The van der Waals surface area contributed by atoms with Crippen molar-refractivity contribution in [2.75, 3.05) is 6.54 Å². The molecule has 0 radical (unpaired) electrons. The molecule has 0 N–H and O–H groups in total. The van der Waals surface area contributed by atoms with E-state index in [-0.39, 0.29) is 17.2 Å². The zero-order chi connectivity index (χ0) is 23.0. The minimum absolute atomic E-state index is 0.110. The molecule has 5 fully saturated rings. The Kier molecular flexibility index (Phi) is 4.72. The molecule has 178 valence electrons. The first-order chi connectivity index (χ1) is 15.7. The lowest BCUT2D eigenvalue weighted by atomic mass is 9.49. The molecule has 2 heterocycles. The Bertz CT molecular complexity index is 942. The van der Waals surface area contributed by atoms with Crippen molar-refractivity contribution in [1.82, 2.24) is 10.1 Å². The lowest BCUT2D eigenvalue weighted by Crippen LogP contribution is -2.57. The van der Waals surface area contributed by atoms with E-state index in [1.807, 2.05) is 0 Å². The van der Waals surface area contributed by atoms with E-state index in [0.29, 0.717) is 37.1 Å². The molecule has 1 saturated heterocycles. The molecule has 1 aromatic rings. The first kappa shape index (κ1) is 21.2. The molecule has 5 nitrogen and oxygen atoms in total. The Balaban J connectivity index is 1.32. The second-order valence-electron chi connectivity index (χ2n) is 10.8. The van der Waals surface area contributed by atoms with Crippen LogP contribution in [-0.2, 0) is 9.63 Å². The van der Waals surface area contributed by atoms with E-state index in [4.69, 9.17) is 4.84 Å². The van der Waals surface area contributed by atoms with Gasteiger partial charge in [-0.2, -0.15) is 13.2 Å². The second-order valence-corrected chi connectivity index (χ2v) is 10.8. The summed E-state index contributed by atoms with van der Waals surface area (Å²) >= 11 is 0. The Labute approximate surface area is 189 Å². The van der Waals surface area contributed by atoms with Crippen LogP contribution in [0.1, 0.15) is 62.8 Å². The summed E-state index contributed by atoms with van der Waals surface area (Å²) in [5.74, 6) is 0.298. The maximum atomic E-state index is 13.4. The predicted molar refractivity (Wildman–Crippen MR) is 111 cm³/mol. The van der Waals surface area contributed by atoms with Gasteiger partial charge in [0.15, 0.2) is 6.17 Å². The van der Waals surface area contributed by atoms with Gasteiger partial charge in [0.2, 0.25) is 0 Å². The fourth-order valence-electron chi connectivity index (χ4n) is 7.65. The number of hydroxylamine groups is 1. The highest BCUT2D eigenvalue weighted by Crippen LogP contribution is 2.61. The van der Waals surface area contributed by atoms with Crippen molar-refractivity contribution in [1.29, 1.82) is 0 Å². The Morgan fingerprint density at radius 2 is 1.61 bits per heavy atom. The van der Waals surface area contributed by atoms with Crippen molar-refractivity contribution < 1.29 is 27.2 Å². The number of amidine groups is 1. The van der Waals surface area contributed by atoms with E-state index in [1.165, 1.54) is 31.4 Å². The van der Waals surface area contributed by atoms with Gasteiger partial charge in [0, 0.05) is 17.9 Å². The van der Waals surface area contributed by atoms with Crippen molar-refractivity contribution >= 4 is 11.8 Å². The molecule has 4 aliphatic carbocycles. The van der Waals surface area contributed by atoms with Crippen molar-refractivity contribution in [3.63, 3.8) is 0 Å². The third kappa shape index (κ3) is 3.58. The molecule has 7 rings (SSSR count). The maximum absolute atomic E-state index is 13.4. The van der Waals surface area contributed by atoms with Gasteiger partial charge in [0.05, 0.1) is 0 Å². The molecule has 0 aromatic heterocycles. The highest BCUT2D eigenvalue weighted by molar-refractivity contribution is 5.90. The van der Waals surface area contributed by atoms with E-state index in [9.17, 15) is 22.4 Å². The number of hydrogen-bond acceptors (Lipinski definition) is 5. The van der Waals surface area contributed by atoms with Crippen molar-refractivity contribution in [3.8, 4) is 0 Å². The van der Waals surface area contributed by atoms with Crippen LogP contribution < -0.4 is 0 Å². The van der Waals surface area contributed by atoms with Crippen LogP contribution in [0, 0.1) is 29.0 Å². The molecule has 9 heteroatoms. The molecule has 2 unspecified atom stereocenters. The molecule has 1 aromatic carbocycles. The molecule has 4 saturated carbocycles. The minimum atomic E-state index is -5.07. The number of rotatable bonds is 3. The largest absolute Gasteiger partial charge is 0.493 e. The van der Waals surface area contributed by atoms with Crippen molar-refractivity contribution in [3.05, 3.63) is 35.6 Å².